The Labute approximate surface area is 146 Å². The van der Waals surface area contributed by atoms with Crippen LogP contribution in [0.15, 0.2) is 60.7 Å². The summed E-state index contributed by atoms with van der Waals surface area (Å²) in [7, 11) is -8.35. The van der Waals surface area contributed by atoms with E-state index in [-0.39, 0.29) is 13.2 Å². The quantitative estimate of drug-likeness (QED) is 0.455. The first-order chi connectivity index (χ1) is 11.9. The van der Waals surface area contributed by atoms with Crippen molar-refractivity contribution in [1.29, 1.82) is 0 Å². The summed E-state index contributed by atoms with van der Waals surface area (Å²) in [5.41, 5.74) is 1.44. The third-order valence-electron chi connectivity index (χ3n) is 3.07. The number of alkyl halides is 1. The van der Waals surface area contributed by atoms with Crippen molar-refractivity contribution in [3.05, 3.63) is 71.8 Å². The molecule has 0 amide bonds. The Morgan fingerprint density at radius 1 is 0.840 bits per heavy atom. The topological polar surface area (TPSA) is 78.9 Å². The Morgan fingerprint density at radius 2 is 1.28 bits per heavy atom. The average Bonchev–Trinajstić information content (AvgIpc) is 2.65. The second kappa shape index (κ2) is 9.22. The van der Waals surface area contributed by atoms with Crippen molar-refractivity contribution in [2.45, 2.75) is 13.2 Å². The van der Waals surface area contributed by atoms with Crippen LogP contribution in [0.4, 0.5) is 4.39 Å². The van der Waals surface area contributed by atoms with Gasteiger partial charge in [0.25, 0.3) is 10.1 Å². The molecule has 0 aliphatic carbocycles. The Morgan fingerprint density at radius 3 is 1.68 bits per heavy atom. The Bertz CT molecular complexity index is 750. The van der Waals surface area contributed by atoms with Crippen LogP contribution in [0.2, 0.25) is 0 Å². The largest absolute Gasteiger partial charge is 0.358 e. The molecule has 136 valence electrons. The molecule has 0 atom stereocenters. The first-order valence-electron chi connectivity index (χ1n) is 7.31. The first-order valence-corrected chi connectivity index (χ1v) is 10.6. The van der Waals surface area contributed by atoms with E-state index in [9.17, 15) is 17.4 Å². The van der Waals surface area contributed by atoms with Gasteiger partial charge in [0, 0.05) is 0 Å². The van der Waals surface area contributed by atoms with Gasteiger partial charge in [-0.3, -0.25) is 8.75 Å². The summed E-state index contributed by atoms with van der Waals surface area (Å²) in [6.07, 6.45) is -0.890. The molecule has 6 nitrogen and oxygen atoms in total. The molecular formula is C16H18FO6PS. The van der Waals surface area contributed by atoms with E-state index < -0.39 is 30.1 Å². The molecule has 2 aromatic rings. The molecule has 0 spiro atoms. The summed E-state index contributed by atoms with van der Waals surface area (Å²) >= 11 is 0. The van der Waals surface area contributed by atoms with Gasteiger partial charge in [0.1, 0.15) is 0 Å². The number of hydrogen-bond acceptors (Lipinski definition) is 6. The van der Waals surface area contributed by atoms with Crippen LogP contribution >= 0.6 is 7.60 Å². The minimum atomic E-state index is -4.42. The van der Waals surface area contributed by atoms with Gasteiger partial charge in [-0.25, -0.2) is 4.39 Å². The molecule has 9 heteroatoms. The third-order valence-corrected chi connectivity index (χ3v) is 5.47. The van der Waals surface area contributed by atoms with Gasteiger partial charge in [-0.2, -0.15) is 8.42 Å². The lowest BCUT2D eigenvalue weighted by Gasteiger charge is -2.18. The van der Waals surface area contributed by atoms with E-state index in [4.69, 9.17) is 9.05 Å². The van der Waals surface area contributed by atoms with Crippen molar-refractivity contribution in [1.82, 2.24) is 0 Å². The molecule has 0 saturated heterocycles. The van der Waals surface area contributed by atoms with E-state index in [2.05, 4.69) is 4.18 Å². The van der Waals surface area contributed by atoms with Crippen LogP contribution in [0.3, 0.4) is 0 Å². The van der Waals surface area contributed by atoms with Crippen LogP contribution in [0.5, 0.6) is 0 Å². The van der Waals surface area contributed by atoms with Gasteiger partial charge in [0.15, 0.2) is 6.35 Å². The van der Waals surface area contributed by atoms with Gasteiger partial charge in [-0.15, -0.1) is 0 Å². The summed E-state index contributed by atoms with van der Waals surface area (Å²) in [5, 5.41) is 0. The van der Waals surface area contributed by atoms with E-state index in [1.54, 1.807) is 48.5 Å². The molecule has 25 heavy (non-hydrogen) atoms. The van der Waals surface area contributed by atoms with Gasteiger partial charge in [0.2, 0.25) is 6.01 Å². The summed E-state index contributed by atoms with van der Waals surface area (Å²) in [6.45, 7) is -0.127. The zero-order chi connectivity index (χ0) is 18.2. The lowest BCUT2D eigenvalue weighted by molar-refractivity contribution is 0.172. The number of hydrogen-bond donors (Lipinski definition) is 0. The minimum absolute atomic E-state index is 0.0636. The van der Waals surface area contributed by atoms with E-state index in [0.29, 0.717) is 0 Å². The van der Waals surface area contributed by atoms with Crippen molar-refractivity contribution in [2.75, 3.05) is 12.4 Å². The summed E-state index contributed by atoms with van der Waals surface area (Å²) < 4.78 is 62.5. The second-order valence-electron chi connectivity index (χ2n) is 5.04. The minimum Gasteiger partial charge on any atom is -0.302 e. The summed E-state index contributed by atoms with van der Waals surface area (Å²) in [6, 6.07) is 16.0. The number of benzene rings is 2. The predicted molar refractivity (Wildman–Crippen MR) is 90.9 cm³/mol. The molecule has 0 radical (unpaired) electrons. The van der Waals surface area contributed by atoms with Crippen molar-refractivity contribution in [3.63, 3.8) is 0 Å². The third kappa shape index (κ3) is 7.05. The van der Waals surface area contributed by atoms with Gasteiger partial charge >= 0.3 is 7.60 Å². The Hall–Kier alpha value is -1.57. The predicted octanol–water partition coefficient (Wildman–Crippen LogP) is 3.84. The van der Waals surface area contributed by atoms with E-state index >= 15 is 0 Å². The van der Waals surface area contributed by atoms with E-state index in [0.717, 1.165) is 11.1 Å². The summed E-state index contributed by atoms with van der Waals surface area (Å²) in [4.78, 5) is 0. The van der Waals surface area contributed by atoms with Crippen LogP contribution in [0.25, 0.3) is 0 Å². The zero-order valence-electron chi connectivity index (χ0n) is 13.3. The van der Waals surface area contributed by atoms with Crippen LogP contribution in [0.1, 0.15) is 11.1 Å². The lowest BCUT2D eigenvalue weighted by Crippen LogP contribution is -2.11. The van der Waals surface area contributed by atoms with Crippen LogP contribution in [0, 0.1) is 0 Å². The highest BCUT2D eigenvalue weighted by molar-refractivity contribution is 7.86. The SMILES string of the molecule is O=P(COS(=O)(=O)CF)(OCc1ccccc1)OCc1ccccc1. The fourth-order valence-electron chi connectivity index (χ4n) is 1.78. The normalized spacial score (nSPS) is 12.2. The van der Waals surface area contributed by atoms with Gasteiger partial charge < -0.3 is 9.05 Å². The molecule has 0 aliphatic heterocycles. The smallest absolute Gasteiger partial charge is 0.302 e. The maximum atomic E-state index is 12.8. The standard InChI is InChI=1S/C16H18FO6PS/c17-13-25(19,20)23-14-24(18,21-11-15-7-3-1-4-8-15)22-12-16-9-5-2-6-10-16/h1-10H,11-14H2. The molecule has 0 aliphatic rings. The summed E-state index contributed by atoms with van der Waals surface area (Å²) in [5.74, 6) is 0. The molecule has 0 aromatic heterocycles. The number of halogens is 1. The monoisotopic (exact) mass is 388 g/mol. The highest BCUT2D eigenvalue weighted by Gasteiger charge is 2.29. The Balaban J connectivity index is 2.04. The van der Waals surface area contributed by atoms with Crippen LogP contribution in [-0.2, 0) is 41.1 Å². The highest BCUT2D eigenvalue weighted by atomic mass is 32.2. The van der Waals surface area contributed by atoms with Gasteiger partial charge in [0.05, 0.1) is 13.2 Å². The van der Waals surface area contributed by atoms with Crippen molar-refractivity contribution in [2.24, 2.45) is 0 Å². The maximum Gasteiger partial charge on any atom is 0.358 e. The molecular weight excluding hydrogens is 370 g/mol. The maximum absolute atomic E-state index is 12.8. The van der Waals surface area contributed by atoms with Gasteiger partial charge in [-0.05, 0) is 11.1 Å². The highest BCUT2D eigenvalue weighted by Crippen LogP contribution is 2.50. The van der Waals surface area contributed by atoms with Crippen molar-refractivity contribution < 1.29 is 30.6 Å². The second-order valence-corrected chi connectivity index (χ2v) is 8.61. The fourth-order valence-corrected chi connectivity index (χ4v) is 3.92. The molecule has 0 saturated carbocycles. The zero-order valence-corrected chi connectivity index (χ0v) is 15.0. The van der Waals surface area contributed by atoms with Crippen LogP contribution < -0.4 is 0 Å². The average molecular weight is 388 g/mol. The Kier molecular flexibility index (Phi) is 7.28. The molecule has 0 unspecified atom stereocenters. The molecule has 0 heterocycles. The molecule has 2 rings (SSSR count). The van der Waals surface area contributed by atoms with E-state index in [1.807, 2.05) is 12.1 Å². The van der Waals surface area contributed by atoms with E-state index in [1.165, 1.54) is 0 Å². The molecule has 2 aromatic carbocycles. The van der Waals surface area contributed by atoms with Crippen LogP contribution in [-0.4, -0.2) is 20.8 Å². The van der Waals surface area contributed by atoms with Gasteiger partial charge in [-0.1, -0.05) is 60.7 Å². The fraction of sp³-hybridized carbons (Fsp3) is 0.250. The number of rotatable bonds is 10. The molecule has 0 bridgehead atoms. The van der Waals surface area contributed by atoms with Crippen molar-refractivity contribution in [3.8, 4) is 0 Å². The van der Waals surface area contributed by atoms with Crippen molar-refractivity contribution >= 4 is 17.7 Å². The molecule has 0 N–H and O–H groups in total. The molecule has 0 fully saturated rings. The first kappa shape index (κ1) is 19.8. The lowest BCUT2D eigenvalue weighted by atomic mass is 10.2.